The summed E-state index contributed by atoms with van der Waals surface area (Å²) in [6.07, 6.45) is -5.56. The largest absolute Gasteiger partial charge is 0.481 e. The van der Waals surface area contributed by atoms with Gasteiger partial charge in [0.2, 0.25) is 0 Å². The molecule has 106 valence electrons. The molecule has 0 spiro atoms. The Balaban J connectivity index is 2.58. The summed E-state index contributed by atoms with van der Waals surface area (Å²) in [6, 6.07) is 4.27. The second-order valence-electron chi connectivity index (χ2n) is 3.70. The van der Waals surface area contributed by atoms with Crippen LogP contribution in [0.2, 0.25) is 10.0 Å². The van der Waals surface area contributed by atoms with Crippen LogP contribution in [0, 0.1) is 0 Å². The monoisotopic (exact) mass is 315 g/mol. The number of amides is 1. The number of hydrogen-bond donors (Lipinski definition) is 1. The van der Waals surface area contributed by atoms with Crippen molar-refractivity contribution in [3.8, 4) is 5.75 Å². The lowest BCUT2D eigenvalue weighted by Crippen LogP contribution is -2.41. The average Bonchev–Trinajstić information content (AvgIpc) is 2.23. The van der Waals surface area contributed by atoms with Gasteiger partial charge in [0.05, 0.1) is 0 Å². The zero-order valence-electron chi connectivity index (χ0n) is 9.72. The maximum Gasteiger partial charge on any atom is 0.405 e. The van der Waals surface area contributed by atoms with E-state index in [1.54, 1.807) is 5.32 Å². The molecule has 1 aromatic carbocycles. The van der Waals surface area contributed by atoms with Crippen LogP contribution >= 0.6 is 23.2 Å². The lowest BCUT2D eigenvalue weighted by molar-refractivity contribution is -0.142. The molecule has 0 aliphatic carbocycles. The Bertz CT molecular complexity index is 445. The molecule has 0 fully saturated rings. The highest BCUT2D eigenvalue weighted by atomic mass is 35.5. The topological polar surface area (TPSA) is 38.3 Å². The summed E-state index contributed by atoms with van der Waals surface area (Å²) in [4.78, 5) is 11.4. The summed E-state index contributed by atoms with van der Waals surface area (Å²) in [5, 5.41) is 2.31. The normalized spacial score (nSPS) is 12.9. The van der Waals surface area contributed by atoms with E-state index >= 15 is 0 Å². The summed E-state index contributed by atoms with van der Waals surface area (Å²) in [6.45, 7) is -0.0870. The first-order valence-corrected chi connectivity index (χ1v) is 5.90. The highest BCUT2D eigenvalue weighted by Crippen LogP contribution is 2.25. The Hall–Kier alpha value is -1.14. The third-order valence-corrected chi connectivity index (χ3v) is 2.42. The number of carbonyl (C=O) groups is 1. The minimum Gasteiger partial charge on any atom is -0.481 e. The van der Waals surface area contributed by atoms with Crippen LogP contribution in [-0.2, 0) is 4.79 Å². The van der Waals surface area contributed by atoms with E-state index in [1.807, 2.05) is 0 Å². The number of rotatable bonds is 4. The molecular weight excluding hydrogens is 306 g/mol. The predicted octanol–water partition coefficient (Wildman–Crippen LogP) is 3.44. The molecule has 0 aromatic heterocycles. The summed E-state index contributed by atoms with van der Waals surface area (Å²) >= 11 is 11.4. The van der Waals surface area contributed by atoms with Gasteiger partial charge in [-0.05, 0) is 25.1 Å². The average molecular weight is 316 g/mol. The number of halogens is 5. The molecule has 0 heterocycles. The minimum atomic E-state index is -4.46. The molecule has 1 atom stereocenters. The summed E-state index contributed by atoms with van der Waals surface area (Å²) < 4.78 is 40.9. The van der Waals surface area contributed by atoms with Crippen LogP contribution in [0.4, 0.5) is 13.2 Å². The number of alkyl halides is 3. The lowest BCUT2D eigenvalue weighted by atomic mass is 10.3. The fourth-order valence-electron chi connectivity index (χ4n) is 1.19. The van der Waals surface area contributed by atoms with Gasteiger partial charge in [-0.2, -0.15) is 13.2 Å². The summed E-state index contributed by atoms with van der Waals surface area (Å²) in [5.74, 6) is -0.680. The van der Waals surface area contributed by atoms with Gasteiger partial charge in [0.25, 0.3) is 5.91 Å². The third kappa shape index (κ3) is 6.02. The standard InChI is InChI=1S/C11H10Cl2F3NO2/c1-6(10(18)17-5-11(14,15)16)19-9-3-7(12)2-8(13)4-9/h2-4,6H,5H2,1H3,(H,17,18). The summed E-state index contributed by atoms with van der Waals surface area (Å²) in [7, 11) is 0. The molecule has 0 radical (unpaired) electrons. The fraction of sp³-hybridized carbons (Fsp3) is 0.364. The first kappa shape index (κ1) is 15.9. The Labute approximate surface area is 117 Å². The van der Waals surface area contributed by atoms with Crippen molar-refractivity contribution in [2.45, 2.75) is 19.2 Å². The van der Waals surface area contributed by atoms with E-state index in [1.165, 1.54) is 25.1 Å². The second kappa shape index (κ2) is 6.34. The van der Waals surface area contributed by atoms with Gasteiger partial charge in [0.15, 0.2) is 6.10 Å². The van der Waals surface area contributed by atoms with Crippen molar-refractivity contribution in [1.29, 1.82) is 0 Å². The van der Waals surface area contributed by atoms with E-state index in [9.17, 15) is 18.0 Å². The third-order valence-electron chi connectivity index (χ3n) is 1.98. The molecule has 0 bridgehead atoms. The van der Waals surface area contributed by atoms with Gasteiger partial charge < -0.3 is 10.1 Å². The van der Waals surface area contributed by atoms with Crippen molar-refractivity contribution in [3.63, 3.8) is 0 Å². The van der Waals surface area contributed by atoms with Crippen molar-refractivity contribution < 1.29 is 22.7 Å². The van der Waals surface area contributed by atoms with Gasteiger partial charge in [-0.3, -0.25) is 4.79 Å². The van der Waals surface area contributed by atoms with Crippen LogP contribution in [-0.4, -0.2) is 24.7 Å². The molecule has 8 heteroatoms. The van der Waals surface area contributed by atoms with Crippen LogP contribution in [0.1, 0.15) is 6.92 Å². The van der Waals surface area contributed by atoms with Gasteiger partial charge >= 0.3 is 6.18 Å². The van der Waals surface area contributed by atoms with Gasteiger partial charge in [0.1, 0.15) is 12.3 Å². The minimum absolute atomic E-state index is 0.201. The van der Waals surface area contributed by atoms with Crippen molar-refractivity contribution in [3.05, 3.63) is 28.2 Å². The SMILES string of the molecule is CC(Oc1cc(Cl)cc(Cl)c1)C(=O)NCC(F)(F)F. The van der Waals surface area contributed by atoms with Crippen LogP contribution in [0.5, 0.6) is 5.75 Å². The first-order chi connectivity index (χ1) is 8.67. The number of nitrogens with one attached hydrogen (secondary N) is 1. The number of hydrogen-bond acceptors (Lipinski definition) is 2. The zero-order chi connectivity index (χ0) is 14.6. The van der Waals surface area contributed by atoms with Crippen molar-refractivity contribution >= 4 is 29.1 Å². The first-order valence-electron chi connectivity index (χ1n) is 5.14. The Morgan fingerprint density at radius 2 is 1.84 bits per heavy atom. The van der Waals surface area contributed by atoms with Crippen molar-refractivity contribution in [2.24, 2.45) is 0 Å². The quantitative estimate of drug-likeness (QED) is 0.924. The number of ether oxygens (including phenoxy) is 1. The van der Waals surface area contributed by atoms with Gasteiger partial charge in [-0.25, -0.2) is 0 Å². The molecule has 0 saturated heterocycles. The maximum atomic E-state index is 11.9. The van der Waals surface area contributed by atoms with Crippen molar-refractivity contribution in [1.82, 2.24) is 5.32 Å². The molecule has 1 amide bonds. The highest BCUT2D eigenvalue weighted by Gasteiger charge is 2.29. The Morgan fingerprint density at radius 3 is 2.32 bits per heavy atom. The molecular formula is C11H10Cl2F3NO2. The molecule has 3 nitrogen and oxygen atoms in total. The molecule has 0 aliphatic rings. The van der Waals surface area contributed by atoms with Crippen LogP contribution in [0.15, 0.2) is 18.2 Å². The summed E-state index contributed by atoms with van der Waals surface area (Å²) in [5.41, 5.74) is 0. The molecule has 1 rings (SSSR count). The smallest absolute Gasteiger partial charge is 0.405 e. The molecule has 1 N–H and O–H groups in total. The van der Waals surface area contributed by atoms with Crippen molar-refractivity contribution in [2.75, 3.05) is 6.54 Å². The van der Waals surface area contributed by atoms with E-state index in [0.29, 0.717) is 10.0 Å². The fourth-order valence-corrected chi connectivity index (χ4v) is 1.69. The zero-order valence-corrected chi connectivity index (χ0v) is 11.2. The van der Waals surface area contributed by atoms with Gasteiger partial charge in [-0.1, -0.05) is 23.2 Å². The van der Waals surface area contributed by atoms with Gasteiger partial charge in [-0.15, -0.1) is 0 Å². The predicted molar refractivity (Wildman–Crippen MR) is 65.6 cm³/mol. The Kier molecular flexibility index (Phi) is 5.31. The molecule has 19 heavy (non-hydrogen) atoms. The molecule has 1 unspecified atom stereocenters. The number of benzene rings is 1. The van der Waals surface area contributed by atoms with E-state index in [2.05, 4.69) is 0 Å². The highest BCUT2D eigenvalue weighted by molar-refractivity contribution is 6.34. The maximum absolute atomic E-state index is 11.9. The molecule has 0 saturated carbocycles. The van der Waals surface area contributed by atoms with E-state index in [-0.39, 0.29) is 5.75 Å². The van der Waals surface area contributed by atoms with Crippen LogP contribution in [0.3, 0.4) is 0 Å². The Morgan fingerprint density at radius 1 is 1.32 bits per heavy atom. The van der Waals surface area contributed by atoms with Gasteiger partial charge in [0, 0.05) is 10.0 Å². The second-order valence-corrected chi connectivity index (χ2v) is 4.57. The molecule has 0 aliphatic heterocycles. The van der Waals surface area contributed by atoms with E-state index in [4.69, 9.17) is 27.9 Å². The van der Waals surface area contributed by atoms with Crippen LogP contribution < -0.4 is 10.1 Å². The number of carbonyl (C=O) groups excluding carboxylic acids is 1. The van der Waals surface area contributed by atoms with Crippen LogP contribution in [0.25, 0.3) is 0 Å². The van der Waals surface area contributed by atoms with E-state index < -0.39 is 24.7 Å². The lowest BCUT2D eigenvalue weighted by Gasteiger charge is -2.15. The van der Waals surface area contributed by atoms with E-state index in [0.717, 1.165) is 0 Å². The molecule has 1 aromatic rings.